The highest BCUT2D eigenvalue weighted by Gasteiger charge is 2.04. The van der Waals surface area contributed by atoms with E-state index in [0.29, 0.717) is 5.15 Å². The van der Waals surface area contributed by atoms with Gasteiger partial charge in [-0.1, -0.05) is 41.9 Å². The van der Waals surface area contributed by atoms with Gasteiger partial charge in [0, 0.05) is 18.5 Å². The lowest BCUT2D eigenvalue weighted by Crippen LogP contribution is -2.15. The number of pyridine rings is 1. The molecule has 1 heterocycles. The van der Waals surface area contributed by atoms with E-state index in [-0.39, 0.29) is 5.78 Å². The molecule has 0 aliphatic carbocycles. The molecule has 17 heavy (non-hydrogen) atoms. The largest absolute Gasteiger partial charge is 0.303 e. The van der Waals surface area contributed by atoms with Gasteiger partial charge in [0.05, 0.1) is 0 Å². The maximum absolute atomic E-state index is 5.83. The van der Waals surface area contributed by atoms with Crippen molar-refractivity contribution in [2.75, 3.05) is 0 Å². The van der Waals surface area contributed by atoms with Crippen molar-refractivity contribution in [1.29, 1.82) is 0 Å². The van der Waals surface area contributed by atoms with Gasteiger partial charge in [0.15, 0.2) is 0 Å². The summed E-state index contributed by atoms with van der Waals surface area (Å²) in [5.74, 6) is 0.239. The molecule has 0 saturated carbocycles. The quantitative estimate of drug-likeness (QED) is 0.676. The summed E-state index contributed by atoms with van der Waals surface area (Å²) in [6.45, 7) is 0.769. The molecule has 0 aliphatic rings. The Kier molecular flexibility index (Phi) is 4.49. The summed E-state index contributed by atoms with van der Waals surface area (Å²) in [4.78, 5) is 3.96. The first-order valence-electron chi connectivity index (χ1n) is 5.40. The molecule has 1 aromatic carbocycles. The lowest BCUT2D eigenvalue weighted by Gasteiger charge is -2.14. The summed E-state index contributed by atoms with van der Waals surface area (Å²) >= 11 is 5.83. The molecular weight excluding hydrogens is 251 g/mol. The zero-order valence-corrected chi connectivity index (χ0v) is 11.2. The molecule has 1 aromatic heterocycles. The fraction of sp³-hybridized carbons (Fsp3) is 0.154. The molecule has 2 nitrogen and oxygen atoms in total. The SMILES string of the molecule is PC(NCc1ccnc(Cl)c1)c1ccccc1. The Morgan fingerprint density at radius 1 is 1.24 bits per heavy atom. The van der Waals surface area contributed by atoms with Crippen LogP contribution in [0.1, 0.15) is 16.9 Å². The Morgan fingerprint density at radius 2 is 2.00 bits per heavy atom. The van der Waals surface area contributed by atoms with Crippen LogP contribution in [0.3, 0.4) is 0 Å². The van der Waals surface area contributed by atoms with E-state index in [2.05, 4.69) is 31.7 Å². The van der Waals surface area contributed by atoms with Crippen LogP contribution >= 0.6 is 20.8 Å². The summed E-state index contributed by atoms with van der Waals surface area (Å²) in [5.41, 5.74) is 2.38. The van der Waals surface area contributed by atoms with Crippen molar-refractivity contribution in [1.82, 2.24) is 10.3 Å². The molecule has 1 N–H and O–H groups in total. The lowest BCUT2D eigenvalue weighted by atomic mass is 10.2. The first-order valence-corrected chi connectivity index (χ1v) is 6.44. The Bertz CT molecular complexity index is 476. The zero-order valence-electron chi connectivity index (χ0n) is 9.31. The Hall–Kier alpha value is -0.950. The molecule has 2 aromatic rings. The van der Waals surface area contributed by atoms with Gasteiger partial charge in [-0.05, 0) is 23.3 Å². The number of hydrogen-bond acceptors (Lipinski definition) is 2. The van der Waals surface area contributed by atoms with Gasteiger partial charge in [-0.3, -0.25) is 0 Å². The Morgan fingerprint density at radius 3 is 2.71 bits per heavy atom. The number of nitrogens with zero attached hydrogens (tertiary/aromatic N) is 1. The fourth-order valence-corrected chi connectivity index (χ4v) is 2.10. The van der Waals surface area contributed by atoms with E-state index in [0.717, 1.165) is 12.1 Å². The van der Waals surface area contributed by atoms with E-state index < -0.39 is 0 Å². The highest BCUT2D eigenvalue weighted by atomic mass is 35.5. The van der Waals surface area contributed by atoms with Crippen molar-refractivity contribution in [2.24, 2.45) is 0 Å². The minimum atomic E-state index is 0.239. The number of benzene rings is 1. The molecule has 0 radical (unpaired) electrons. The van der Waals surface area contributed by atoms with E-state index in [1.807, 2.05) is 30.3 Å². The van der Waals surface area contributed by atoms with Gasteiger partial charge in [0.25, 0.3) is 0 Å². The number of nitrogens with one attached hydrogen (secondary N) is 1. The second kappa shape index (κ2) is 6.11. The molecular formula is C13H14ClN2P. The maximum Gasteiger partial charge on any atom is 0.129 e. The van der Waals surface area contributed by atoms with E-state index in [9.17, 15) is 0 Å². The number of rotatable bonds is 4. The summed E-state index contributed by atoms with van der Waals surface area (Å²) in [5, 5.41) is 3.95. The second-order valence-electron chi connectivity index (χ2n) is 3.76. The van der Waals surface area contributed by atoms with Crippen molar-refractivity contribution in [2.45, 2.75) is 12.3 Å². The van der Waals surface area contributed by atoms with E-state index in [1.54, 1.807) is 6.20 Å². The first kappa shape index (κ1) is 12.5. The van der Waals surface area contributed by atoms with E-state index >= 15 is 0 Å². The summed E-state index contributed by atoms with van der Waals surface area (Å²) in [7, 11) is 2.80. The summed E-state index contributed by atoms with van der Waals surface area (Å²) in [6.07, 6.45) is 1.72. The molecule has 0 saturated heterocycles. The topological polar surface area (TPSA) is 24.9 Å². The third-order valence-electron chi connectivity index (χ3n) is 2.48. The summed E-state index contributed by atoms with van der Waals surface area (Å²) in [6, 6.07) is 14.1. The van der Waals surface area contributed by atoms with Gasteiger partial charge in [-0.25, -0.2) is 4.98 Å². The molecule has 0 spiro atoms. The highest BCUT2D eigenvalue weighted by molar-refractivity contribution is 7.17. The van der Waals surface area contributed by atoms with Crippen molar-refractivity contribution < 1.29 is 0 Å². The van der Waals surface area contributed by atoms with Gasteiger partial charge in [0.1, 0.15) is 5.15 Å². The van der Waals surface area contributed by atoms with Crippen molar-refractivity contribution in [3.63, 3.8) is 0 Å². The molecule has 4 heteroatoms. The smallest absolute Gasteiger partial charge is 0.129 e. The van der Waals surface area contributed by atoms with Crippen LogP contribution in [0.2, 0.25) is 5.15 Å². The van der Waals surface area contributed by atoms with Crippen LogP contribution < -0.4 is 5.32 Å². The number of halogens is 1. The Labute approximate surface area is 109 Å². The molecule has 0 fully saturated rings. The molecule has 2 rings (SSSR count). The van der Waals surface area contributed by atoms with Gasteiger partial charge >= 0.3 is 0 Å². The monoisotopic (exact) mass is 264 g/mol. The van der Waals surface area contributed by atoms with Gasteiger partial charge in [-0.15, -0.1) is 9.24 Å². The van der Waals surface area contributed by atoms with Crippen molar-refractivity contribution in [3.05, 3.63) is 64.9 Å². The Balaban J connectivity index is 1.95. The van der Waals surface area contributed by atoms with Crippen LogP contribution in [-0.2, 0) is 6.54 Å². The summed E-state index contributed by atoms with van der Waals surface area (Å²) < 4.78 is 0. The van der Waals surface area contributed by atoms with Crippen LogP contribution in [0.15, 0.2) is 48.7 Å². The van der Waals surface area contributed by atoms with Crippen LogP contribution in [-0.4, -0.2) is 4.98 Å². The van der Waals surface area contributed by atoms with Gasteiger partial charge < -0.3 is 5.32 Å². The molecule has 88 valence electrons. The second-order valence-corrected chi connectivity index (χ2v) is 4.81. The molecule has 2 unspecified atom stereocenters. The van der Waals surface area contributed by atoms with Crippen molar-refractivity contribution in [3.8, 4) is 0 Å². The highest BCUT2D eigenvalue weighted by Crippen LogP contribution is 2.20. The predicted octanol–water partition coefficient (Wildman–Crippen LogP) is 3.40. The van der Waals surface area contributed by atoms with E-state index in [4.69, 9.17) is 11.6 Å². The molecule has 0 bridgehead atoms. The van der Waals surface area contributed by atoms with Gasteiger partial charge in [-0.2, -0.15) is 0 Å². The van der Waals surface area contributed by atoms with Crippen LogP contribution in [0, 0.1) is 0 Å². The fourth-order valence-electron chi connectivity index (χ4n) is 1.56. The van der Waals surface area contributed by atoms with Crippen LogP contribution in [0.5, 0.6) is 0 Å². The van der Waals surface area contributed by atoms with Crippen LogP contribution in [0.4, 0.5) is 0 Å². The van der Waals surface area contributed by atoms with Crippen LogP contribution in [0.25, 0.3) is 0 Å². The molecule has 0 amide bonds. The number of aromatic nitrogens is 1. The number of hydrogen-bond donors (Lipinski definition) is 1. The average Bonchev–Trinajstić information content (AvgIpc) is 2.37. The first-order chi connectivity index (χ1) is 8.25. The lowest BCUT2D eigenvalue weighted by molar-refractivity contribution is 0.677. The minimum absolute atomic E-state index is 0.239. The third kappa shape index (κ3) is 3.78. The standard InChI is InChI=1S/C13H14ClN2P/c14-12-8-10(6-7-15-12)9-16-13(17)11-4-2-1-3-5-11/h1-8,13,16H,9,17H2. The molecule has 2 atom stereocenters. The maximum atomic E-state index is 5.83. The average molecular weight is 265 g/mol. The zero-order chi connectivity index (χ0) is 12.1. The van der Waals surface area contributed by atoms with E-state index in [1.165, 1.54) is 5.56 Å². The van der Waals surface area contributed by atoms with Gasteiger partial charge in [0.2, 0.25) is 0 Å². The predicted molar refractivity (Wildman–Crippen MR) is 75.0 cm³/mol. The minimum Gasteiger partial charge on any atom is -0.303 e. The third-order valence-corrected chi connectivity index (χ3v) is 3.30. The van der Waals surface area contributed by atoms with Crippen molar-refractivity contribution >= 4 is 20.8 Å². The molecule has 0 aliphatic heterocycles. The normalized spacial score (nSPS) is 12.4.